The second-order valence-electron chi connectivity index (χ2n) is 6.53. The second kappa shape index (κ2) is 7.88. The quantitative estimate of drug-likeness (QED) is 0.594. The van der Waals surface area contributed by atoms with Crippen LogP contribution in [-0.4, -0.2) is 39.7 Å². The fourth-order valence-corrected chi connectivity index (χ4v) is 5.59. The van der Waals surface area contributed by atoms with Gasteiger partial charge < -0.3 is 9.64 Å². The van der Waals surface area contributed by atoms with Crippen molar-refractivity contribution in [3.8, 4) is 0 Å². The van der Waals surface area contributed by atoms with Gasteiger partial charge in [-0.1, -0.05) is 22.9 Å². The number of anilines is 2. The van der Waals surface area contributed by atoms with Crippen LogP contribution in [0, 0.1) is 0 Å². The summed E-state index contributed by atoms with van der Waals surface area (Å²) < 4.78 is 72.7. The summed E-state index contributed by atoms with van der Waals surface area (Å²) in [6, 6.07) is 6.92. The van der Waals surface area contributed by atoms with Gasteiger partial charge in [-0.15, -0.1) is 0 Å². The highest BCUT2D eigenvalue weighted by Crippen LogP contribution is 2.35. The number of alkyl halides is 3. The van der Waals surface area contributed by atoms with Crippen LogP contribution in [0.15, 0.2) is 41.3 Å². The number of sulfonamides is 1. The van der Waals surface area contributed by atoms with Crippen LogP contribution in [-0.2, 0) is 20.9 Å². The average molecular weight is 478 g/mol. The highest BCUT2D eigenvalue weighted by Gasteiger charge is 2.32. The molecule has 0 unspecified atom stereocenters. The first-order chi connectivity index (χ1) is 14.1. The maximum Gasteiger partial charge on any atom is 0.416 e. The number of halogens is 4. The normalized spacial score (nSPS) is 15.5. The first-order valence-electron chi connectivity index (χ1n) is 8.76. The number of ether oxygens (including phenoxy) is 1. The van der Waals surface area contributed by atoms with E-state index in [9.17, 15) is 21.6 Å². The summed E-state index contributed by atoms with van der Waals surface area (Å²) in [7, 11) is -4.33. The van der Waals surface area contributed by atoms with E-state index in [2.05, 4.69) is 14.6 Å². The van der Waals surface area contributed by atoms with Crippen molar-refractivity contribution >= 4 is 54.0 Å². The zero-order valence-corrected chi connectivity index (χ0v) is 17.6. The standard InChI is InChI=1S/C18H15ClF3N3O3S2/c19-13-3-1-11(18(20,21)22)9-16(13)30(26,27)24-12-2-4-14-15(10-12)29-17(23-14)25-5-7-28-8-6-25/h1-4,9-10,24H,5-8H2. The van der Waals surface area contributed by atoms with Crippen LogP contribution in [0.2, 0.25) is 5.02 Å². The van der Waals surface area contributed by atoms with E-state index in [4.69, 9.17) is 16.3 Å². The minimum atomic E-state index is -4.69. The number of rotatable bonds is 4. The molecular weight excluding hydrogens is 463 g/mol. The molecule has 0 aliphatic carbocycles. The number of nitrogens with one attached hydrogen (secondary N) is 1. The van der Waals surface area contributed by atoms with Gasteiger partial charge in [-0.25, -0.2) is 13.4 Å². The highest BCUT2D eigenvalue weighted by atomic mass is 35.5. The molecule has 6 nitrogen and oxygen atoms in total. The molecular formula is C18H15ClF3N3O3S2. The molecule has 0 atom stereocenters. The van der Waals surface area contributed by atoms with E-state index in [0.29, 0.717) is 37.9 Å². The lowest BCUT2D eigenvalue weighted by atomic mass is 10.2. The average Bonchev–Trinajstić information content (AvgIpc) is 3.11. The molecule has 1 aromatic heterocycles. The minimum absolute atomic E-state index is 0.202. The van der Waals surface area contributed by atoms with Gasteiger partial charge in [0.05, 0.1) is 39.7 Å². The van der Waals surface area contributed by atoms with Gasteiger partial charge in [0.2, 0.25) is 0 Å². The third kappa shape index (κ3) is 4.34. The Bertz CT molecular complexity index is 1190. The number of fused-ring (bicyclic) bond motifs is 1. The molecule has 2 heterocycles. The highest BCUT2D eigenvalue weighted by molar-refractivity contribution is 7.92. The summed E-state index contributed by atoms with van der Waals surface area (Å²) >= 11 is 7.27. The summed E-state index contributed by atoms with van der Waals surface area (Å²) in [6.45, 7) is 2.65. The summed E-state index contributed by atoms with van der Waals surface area (Å²) in [5.41, 5.74) is -0.199. The zero-order valence-electron chi connectivity index (χ0n) is 15.2. The molecule has 30 heavy (non-hydrogen) atoms. The van der Waals surface area contributed by atoms with Crippen molar-refractivity contribution in [1.29, 1.82) is 0 Å². The van der Waals surface area contributed by atoms with E-state index in [0.717, 1.165) is 22.0 Å². The number of nitrogens with zero attached hydrogens (tertiary/aromatic N) is 2. The van der Waals surface area contributed by atoms with Gasteiger partial charge in [0.15, 0.2) is 5.13 Å². The Hall–Kier alpha value is -2.08. The van der Waals surface area contributed by atoms with Crippen LogP contribution in [0.3, 0.4) is 0 Å². The molecule has 3 aromatic rings. The van der Waals surface area contributed by atoms with E-state index in [1.54, 1.807) is 12.1 Å². The molecule has 12 heteroatoms. The molecule has 1 aliphatic rings. The van der Waals surface area contributed by atoms with Crippen molar-refractivity contribution in [2.45, 2.75) is 11.1 Å². The topological polar surface area (TPSA) is 71.5 Å². The van der Waals surface area contributed by atoms with E-state index in [-0.39, 0.29) is 10.7 Å². The van der Waals surface area contributed by atoms with Gasteiger partial charge in [-0.2, -0.15) is 13.2 Å². The Morgan fingerprint density at radius 1 is 1.13 bits per heavy atom. The molecule has 1 aliphatic heterocycles. The minimum Gasteiger partial charge on any atom is -0.378 e. The lowest BCUT2D eigenvalue weighted by Gasteiger charge is -2.25. The number of morpholine rings is 1. The van der Waals surface area contributed by atoms with Crippen molar-refractivity contribution < 1.29 is 26.3 Å². The summed E-state index contributed by atoms with van der Waals surface area (Å²) in [5, 5.41) is 0.498. The van der Waals surface area contributed by atoms with Crippen molar-refractivity contribution in [2.75, 3.05) is 35.9 Å². The smallest absolute Gasteiger partial charge is 0.378 e. The number of thiazole rings is 1. The Morgan fingerprint density at radius 3 is 2.57 bits per heavy atom. The van der Waals surface area contributed by atoms with Crippen LogP contribution in [0.5, 0.6) is 0 Å². The molecule has 0 saturated carbocycles. The van der Waals surface area contributed by atoms with Crippen LogP contribution >= 0.6 is 22.9 Å². The SMILES string of the molecule is O=S(=O)(Nc1ccc2nc(N3CCOCC3)sc2c1)c1cc(C(F)(F)F)ccc1Cl. The Labute approximate surface area is 179 Å². The van der Waals surface area contributed by atoms with Gasteiger partial charge in [0, 0.05) is 13.1 Å². The van der Waals surface area contributed by atoms with E-state index in [1.807, 2.05) is 0 Å². The largest absolute Gasteiger partial charge is 0.416 e. The lowest BCUT2D eigenvalue weighted by molar-refractivity contribution is -0.137. The molecule has 1 fully saturated rings. The van der Waals surface area contributed by atoms with Crippen LogP contribution < -0.4 is 9.62 Å². The van der Waals surface area contributed by atoms with Crippen LogP contribution in [0.25, 0.3) is 10.2 Å². The predicted octanol–water partition coefficient (Wildman–Crippen LogP) is 4.61. The molecule has 1 saturated heterocycles. The van der Waals surface area contributed by atoms with Crippen molar-refractivity contribution in [1.82, 2.24) is 4.98 Å². The van der Waals surface area contributed by atoms with Crippen molar-refractivity contribution in [3.05, 3.63) is 47.0 Å². The van der Waals surface area contributed by atoms with Crippen LogP contribution in [0.1, 0.15) is 5.56 Å². The monoisotopic (exact) mass is 477 g/mol. The lowest BCUT2D eigenvalue weighted by Crippen LogP contribution is -2.36. The molecule has 0 bridgehead atoms. The fourth-order valence-electron chi connectivity index (χ4n) is 2.96. The van der Waals surface area contributed by atoms with E-state index in [1.165, 1.54) is 17.4 Å². The van der Waals surface area contributed by atoms with Gasteiger partial charge in [0.1, 0.15) is 4.90 Å². The van der Waals surface area contributed by atoms with Crippen molar-refractivity contribution in [3.63, 3.8) is 0 Å². The van der Waals surface area contributed by atoms with Gasteiger partial charge >= 0.3 is 6.18 Å². The maximum absolute atomic E-state index is 13.0. The zero-order chi connectivity index (χ0) is 21.5. The molecule has 160 valence electrons. The molecule has 0 spiro atoms. The summed E-state index contributed by atoms with van der Waals surface area (Å²) in [4.78, 5) is 5.99. The Morgan fingerprint density at radius 2 is 1.87 bits per heavy atom. The van der Waals surface area contributed by atoms with Gasteiger partial charge in [-0.3, -0.25) is 4.72 Å². The van der Waals surface area contributed by atoms with E-state index < -0.39 is 26.7 Å². The molecule has 0 amide bonds. The van der Waals surface area contributed by atoms with Gasteiger partial charge in [-0.05, 0) is 36.4 Å². The summed E-state index contributed by atoms with van der Waals surface area (Å²) in [5.74, 6) is 0. The van der Waals surface area contributed by atoms with Crippen LogP contribution in [0.4, 0.5) is 24.0 Å². The first-order valence-corrected chi connectivity index (χ1v) is 11.4. The predicted molar refractivity (Wildman–Crippen MR) is 110 cm³/mol. The number of aromatic nitrogens is 1. The number of benzene rings is 2. The maximum atomic E-state index is 13.0. The number of hydrogen-bond acceptors (Lipinski definition) is 6. The van der Waals surface area contributed by atoms with E-state index >= 15 is 0 Å². The van der Waals surface area contributed by atoms with Gasteiger partial charge in [0.25, 0.3) is 10.0 Å². The Kier molecular flexibility index (Phi) is 5.56. The molecule has 1 N–H and O–H groups in total. The molecule has 4 rings (SSSR count). The second-order valence-corrected chi connectivity index (χ2v) is 9.59. The first kappa shape index (κ1) is 21.2. The fraction of sp³-hybridized carbons (Fsp3) is 0.278. The molecule has 2 aromatic carbocycles. The number of hydrogen-bond donors (Lipinski definition) is 1. The third-order valence-electron chi connectivity index (χ3n) is 4.46. The summed E-state index contributed by atoms with van der Waals surface area (Å²) in [6.07, 6.45) is -4.69. The van der Waals surface area contributed by atoms with Crippen molar-refractivity contribution in [2.24, 2.45) is 0 Å². The molecule has 0 radical (unpaired) electrons. The Balaban J connectivity index is 1.63. The third-order valence-corrected chi connectivity index (χ3v) is 7.40.